The predicted octanol–water partition coefficient (Wildman–Crippen LogP) is 1.53. The summed E-state index contributed by atoms with van der Waals surface area (Å²) in [6.45, 7) is 2.91. The average molecular weight is 207 g/mol. The van der Waals surface area contributed by atoms with Gasteiger partial charge in [-0.1, -0.05) is 18.2 Å². The second-order valence-corrected chi connectivity index (χ2v) is 3.76. The molecule has 1 aromatic carbocycles. The molecule has 0 aromatic heterocycles. The van der Waals surface area contributed by atoms with Crippen molar-refractivity contribution < 1.29 is 9.47 Å². The number of rotatable bonds is 5. The van der Waals surface area contributed by atoms with Crippen LogP contribution in [-0.2, 0) is 4.74 Å². The minimum Gasteiger partial charge on any atom is -0.493 e. The Morgan fingerprint density at radius 1 is 1.40 bits per heavy atom. The highest BCUT2D eigenvalue weighted by atomic mass is 16.5. The van der Waals surface area contributed by atoms with Crippen LogP contribution in [0.1, 0.15) is 17.9 Å². The van der Waals surface area contributed by atoms with Crippen LogP contribution in [0.2, 0.25) is 0 Å². The van der Waals surface area contributed by atoms with Crippen molar-refractivity contribution in [1.82, 2.24) is 0 Å². The zero-order valence-corrected chi connectivity index (χ0v) is 8.82. The summed E-state index contributed by atoms with van der Waals surface area (Å²) in [6.07, 6.45) is 0.926. The molecule has 1 atom stereocenters. The van der Waals surface area contributed by atoms with E-state index in [1.165, 1.54) is 5.56 Å². The van der Waals surface area contributed by atoms with E-state index in [4.69, 9.17) is 15.2 Å². The molecule has 0 aliphatic carbocycles. The zero-order chi connectivity index (χ0) is 10.5. The second kappa shape index (κ2) is 5.14. The monoisotopic (exact) mass is 207 g/mol. The highest BCUT2D eigenvalue weighted by molar-refractivity contribution is 5.39. The summed E-state index contributed by atoms with van der Waals surface area (Å²) in [5, 5.41) is 0. The molecule has 0 amide bonds. The van der Waals surface area contributed by atoms with Crippen LogP contribution >= 0.6 is 0 Å². The molecule has 1 unspecified atom stereocenters. The zero-order valence-electron chi connectivity index (χ0n) is 8.82. The van der Waals surface area contributed by atoms with E-state index in [1.807, 2.05) is 18.2 Å². The molecule has 0 saturated heterocycles. The van der Waals surface area contributed by atoms with Crippen molar-refractivity contribution >= 4 is 0 Å². The van der Waals surface area contributed by atoms with E-state index in [-0.39, 0.29) is 0 Å². The number of ether oxygens (including phenoxy) is 2. The summed E-state index contributed by atoms with van der Waals surface area (Å²) in [4.78, 5) is 0. The first-order valence-corrected chi connectivity index (χ1v) is 5.41. The molecule has 0 bridgehead atoms. The first kappa shape index (κ1) is 10.5. The lowest BCUT2D eigenvalue weighted by atomic mass is 10.0. The summed E-state index contributed by atoms with van der Waals surface area (Å²) >= 11 is 0. The maximum Gasteiger partial charge on any atom is 0.123 e. The van der Waals surface area contributed by atoms with Crippen molar-refractivity contribution in [3.63, 3.8) is 0 Å². The molecule has 3 nitrogen and oxygen atoms in total. The molecule has 0 spiro atoms. The maximum absolute atomic E-state index is 5.56. The SMILES string of the molecule is NCCCOCC1COc2ccccc21. The standard InChI is InChI=1S/C12H17NO2/c13-6-3-7-14-8-10-9-15-12-5-2-1-4-11(10)12/h1-2,4-5,10H,3,6-9,13H2. The minimum atomic E-state index is 0.388. The van der Waals surface area contributed by atoms with Crippen molar-refractivity contribution in [1.29, 1.82) is 0 Å². The third-order valence-electron chi connectivity index (χ3n) is 2.61. The normalized spacial score (nSPS) is 18.6. The first-order chi connectivity index (χ1) is 7.42. The van der Waals surface area contributed by atoms with E-state index in [0.29, 0.717) is 12.5 Å². The molecule has 2 rings (SSSR count). The van der Waals surface area contributed by atoms with Gasteiger partial charge in [-0.3, -0.25) is 0 Å². The number of hydrogen-bond acceptors (Lipinski definition) is 3. The van der Waals surface area contributed by atoms with Gasteiger partial charge in [0.05, 0.1) is 13.2 Å². The summed E-state index contributed by atoms with van der Waals surface area (Å²) in [6, 6.07) is 8.16. The first-order valence-electron chi connectivity index (χ1n) is 5.41. The van der Waals surface area contributed by atoms with Gasteiger partial charge in [-0.15, -0.1) is 0 Å². The van der Waals surface area contributed by atoms with Gasteiger partial charge in [0.1, 0.15) is 5.75 Å². The summed E-state index contributed by atoms with van der Waals surface area (Å²) in [5.74, 6) is 1.39. The fourth-order valence-electron chi connectivity index (χ4n) is 1.78. The van der Waals surface area contributed by atoms with Crippen LogP contribution in [0.15, 0.2) is 24.3 Å². The average Bonchev–Trinajstić information content (AvgIpc) is 2.68. The van der Waals surface area contributed by atoms with Crippen molar-refractivity contribution in [2.24, 2.45) is 5.73 Å². The smallest absolute Gasteiger partial charge is 0.123 e. The Labute approximate surface area is 90.2 Å². The fraction of sp³-hybridized carbons (Fsp3) is 0.500. The third-order valence-corrected chi connectivity index (χ3v) is 2.61. The minimum absolute atomic E-state index is 0.388. The molecule has 3 heteroatoms. The Kier molecular flexibility index (Phi) is 3.59. The van der Waals surface area contributed by atoms with Gasteiger partial charge >= 0.3 is 0 Å². The quantitative estimate of drug-likeness (QED) is 0.745. The molecular weight excluding hydrogens is 190 g/mol. The molecule has 2 N–H and O–H groups in total. The number of fused-ring (bicyclic) bond motifs is 1. The summed E-state index contributed by atoms with van der Waals surface area (Å²) in [5.41, 5.74) is 6.66. The molecule has 82 valence electrons. The van der Waals surface area contributed by atoms with Crippen LogP contribution < -0.4 is 10.5 Å². The summed E-state index contributed by atoms with van der Waals surface area (Å²) in [7, 11) is 0. The Morgan fingerprint density at radius 3 is 3.13 bits per heavy atom. The van der Waals surface area contributed by atoms with E-state index in [2.05, 4.69) is 6.07 Å². The Morgan fingerprint density at radius 2 is 2.27 bits per heavy atom. The second-order valence-electron chi connectivity index (χ2n) is 3.76. The largest absolute Gasteiger partial charge is 0.493 e. The topological polar surface area (TPSA) is 44.5 Å². The lowest BCUT2D eigenvalue weighted by molar-refractivity contribution is 0.112. The molecular formula is C12H17NO2. The van der Waals surface area contributed by atoms with E-state index >= 15 is 0 Å². The van der Waals surface area contributed by atoms with Gasteiger partial charge in [-0.05, 0) is 19.0 Å². The number of para-hydroxylation sites is 1. The molecule has 1 aliphatic heterocycles. The number of hydrogen-bond donors (Lipinski definition) is 1. The van der Waals surface area contributed by atoms with Gasteiger partial charge in [0.25, 0.3) is 0 Å². The van der Waals surface area contributed by atoms with Gasteiger partial charge in [0.15, 0.2) is 0 Å². The lowest BCUT2D eigenvalue weighted by Gasteiger charge is -2.09. The predicted molar refractivity (Wildman–Crippen MR) is 59.2 cm³/mol. The number of benzene rings is 1. The van der Waals surface area contributed by atoms with Gasteiger partial charge in [-0.2, -0.15) is 0 Å². The van der Waals surface area contributed by atoms with Crippen molar-refractivity contribution in [2.45, 2.75) is 12.3 Å². The van der Waals surface area contributed by atoms with Gasteiger partial charge in [0, 0.05) is 18.1 Å². The highest BCUT2D eigenvalue weighted by Crippen LogP contribution is 2.33. The molecule has 1 heterocycles. The van der Waals surface area contributed by atoms with Crippen LogP contribution in [0.4, 0.5) is 0 Å². The van der Waals surface area contributed by atoms with Crippen molar-refractivity contribution in [3.05, 3.63) is 29.8 Å². The third kappa shape index (κ3) is 2.49. The molecule has 0 fully saturated rings. The Balaban J connectivity index is 1.85. The van der Waals surface area contributed by atoms with E-state index in [0.717, 1.165) is 32.0 Å². The van der Waals surface area contributed by atoms with E-state index in [1.54, 1.807) is 0 Å². The van der Waals surface area contributed by atoms with Crippen LogP contribution in [0.5, 0.6) is 5.75 Å². The maximum atomic E-state index is 5.56. The van der Waals surface area contributed by atoms with Gasteiger partial charge < -0.3 is 15.2 Å². The van der Waals surface area contributed by atoms with Crippen molar-refractivity contribution in [3.8, 4) is 5.75 Å². The molecule has 1 aromatic rings. The molecule has 0 radical (unpaired) electrons. The van der Waals surface area contributed by atoms with E-state index < -0.39 is 0 Å². The lowest BCUT2D eigenvalue weighted by Crippen LogP contribution is -2.12. The summed E-state index contributed by atoms with van der Waals surface area (Å²) < 4.78 is 11.1. The van der Waals surface area contributed by atoms with Crippen molar-refractivity contribution in [2.75, 3.05) is 26.4 Å². The Hall–Kier alpha value is -1.06. The van der Waals surface area contributed by atoms with Crippen LogP contribution in [0.3, 0.4) is 0 Å². The van der Waals surface area contributed by atoms with Crippen LogP contribution in [0.25, 0.3) is 0 Å². The molecule has 15 heavy (non-hydrogen) atoms. The molecule has 1 aliphatic rings. The number of nitrogens with two attached hydrogens (primary N) is 1. The van der Waals surface area contributed by atoms with Gasteiger partial charge in [-0.25, -0.2) is 0 Å². The Bertz CT molecular complexity index is 314. The van der Waals surface area contributed by atoms with Gasteiger partial charge in [0.2, 0.25) is 0 Å². The fourth-order valence-corrected chi connectivity index (χ4v) is 1.78. The highest BCUT2D eigenvalue weighted by Gasteiger charge is 2.23. The van der Waals surface area contributed by atoms with E-state index in [9.17, 15) is 0 Å². The molecule has 0 saturated carbocycles. The van der Waals surface area contributed by atoms with Crippen LogP contribution in [-0.4, -0.2) is 26.4 Å². The van der Waals surface area contributed by atoms with Crippen LogP contribution in [0, 0.1) is 0 Å².